The smallest absolute Gasteiger partial charge is 0.318 e. The summed E-state index contributed by atoms with van der Waals surface area (Å²) < 4.78 is 4.81. The molecule has 4 heteroatoms. The zero-order chi connectivity index (χ0) is 10.6. The molecule has 4 nitrogen and oxygen atoms in total. The highest BCUT2D eigenvalue weighted by molar-refractivity contribution is 5.94. The summed E-state index contributed by atoms with van der Waals surface area (Å²) in [6.07, 6.45) is -0.235. The number of carbonyl (C=O) groups excluding carboxylic acids is 2. The SMILES string of the molecule is CC(=O)CC(=O)Oc1ccc(O)cc1. The zero-order valence-corrected chi connectivity index (χ0v) is 7.69. The van der Waals surface area contributed by atoms with Gasteiger partial charge in [0.15, 0.2) is 0 Å². The summed E-state index contributed by atoms with van der Waals surface area (Å²) in [6.45, 7) is 1.32. The van der Waals surface area contributed by atoms with E-state index in [0.29, 0.717) is 5.75 Å². The predicted octanol–water partition coefficient (Wildman–Crippen LogP) is 1.28. The summed E-state index contributed by atoms with van der Waals surface area (Å²) in [6, 6.07) is 5.70. The third kappa shape index (κ3) is 3.26. The van der Waals surface area contributed by atoms with Crippen LogP contribution >= 0.6 is 0 Å². The van der Waals surface area contributed by atoms with Crippen molar-refractivity contribution in [3.05, 3.63) is 24.3 Å². The van der Waals surface area contributed by atoms with Gasteiger partial charge in [0.25, 0.3) is 0 Å². The van der Waals surface area contributed by atoms with E-state index in [2.05, 4.69) is 0 Å². The second kappa shape index (κ2) is 4.41. The minimum absolute atomic E-state index is 0.0939. The lowest BCUT2D eigenvalue weighted by atomic mass is 10.3. The van der Waals surface area contributed by atoms with Crippen LogP contribution in [0.25, 0.3) is 0 Å². The average Bonchev–Trinajstić information content (AvgIpc) is 2.07. The highest BCUT2D eigenvalue weighted by Gasteiger charge is 2.07. The van der Waals surface area contributed by atoms with Gasteiger partial charge < -0.3 is 9.84 Å². The Bertz CT molecular complexity index is 340. The second-order valence-electron chi connectivity index (χ2n) is 2.85. The van der Waals surface area contributed by atoms with Gasteiger partial charge in [-0.3, -0.25) is 9.59 Å². The molecular weight excluding hydrogens is 184 g/mol. The molecular formula is C10H10O4. The van der Waals surface area contributed by atoms with Crippen molar-refractivity contribution < 1.29 is 19.4 Å². The molecule has 0 saturated heterocycles. The molecule has 0 unspecified atom stereocenters. The Morgan fingerprint density at radius 2 is 1.86 bits per heavy atom. The van der Waals surface area contributed by atoms with Crippen LogP contribution in [0.4, 0.5) is 0 Å². The predicted molar refractivity (Wildman–Crippen MR) is 49.0 cm³/mol. The van der Waals surface area contributed by atoms with Gasteiger partial charge in [-0.25, -0.2) is 0 Å². The van der Waals surface area contributed by atoms with Crippen molar-refractivity contribution in [3.63, 3.8) is 0 Å². The van der Waals surface area contributed by atoms with E-state index in [1.54, 1.807) is 0 Å². The zero-order valence-electron chi connectivity index (χ0n) is 7.69. The van der Waals surface area contributed by atoms with E-state index in [-0.39, 0.29) is 18.0 Å². The van der Waals surface area contributed by atoms with Crippen molar-refractivity contribution in [3.8, 4) is 11.5 Å². The van der Waals surface area contributed by atoms with Crippen molar-refractivity contribution in [1.82, 2.24) is 0 Å². The number of hydrogen-bond donors (Lipinski definition) is 1. The first-order valence-corrected chi connectivity index (χ1v) is 4.07. The lowest BCUT2D eigenvalue weighted by Crippen LogP contribution is -2.11. The maximum absolute atomic E-state index is 11.0. The number of rotatable bonds is 3. The normalized spacial score (nSPS) is 9.50. The number of aromatic hydroxyl groups is 1. The molecule has 1 N–H and O–H groups in total. The number of hydrogen-bond acceptors (Lipinski definition) is 4. The highest BCUT2D eigenvalue weighted by atomic mass is 16.5. The number of esters is 1. The quantitative estimate of drug-likeness (QED) is 0.447. The molecule has 0 saturated carbocycles. The third-order valence-electron chi connectivity index (χ3n) is 1.46. The molecule has 0 radical (unpaired) electrons. The van der Waals surface area contributed by atoms with E-state index >= 15 is 0 Å². The number of ether oxygens (including phenoxy) is 1. The molecule has 0 aliphatic carbocycles. The maximum Gasteiger partial charge on any atom is 0.318 e. The van der Waals surface area contributed by atoms with Crippen LogP contribution in [0.1, 0.15) is 13.3 Å². The van der Waals surface area contributed by atoms with Gasteiger partial charge in [0.05, 0.1) is 0 Å². The Labute approximate surface area is 81.1 Å². The van der Waals surface area contributed by atoms with Crippen LogP contribution < -0.4 is 4.74 Å². The number of phenolic OH excluding ortho intramolecular Hbond substituents is 1. The lowest BCUT2D eigenvalue weighted by Gasteiger charge is -2.02. The number of benzene rings is 1. The first-order chi connectivity index (χ1) is 6.58. The first-order valence-electron chi connectivity index (χ1n) is 4.07. The van der Waals surface area contributed by atoms with Crippen LogP contribution in [-0.2, 0) is 9.59 Å². The molecule has 0 bridgehead atoms. The minimum atomic E-state index is -0.594. The van der Waals surface area contributed by atoms with Crippen LogP contribution in [0.5, 0.6) is 11.5 Å². The van der Waals surface area contributed by atoms with E-state index in [1.807, 2.05) is 0 Å². The molecule has 74 valence electrons. The Hall–Kier alpha value is -1.84. The Kier molecular flexibility index (Phi) is 3.23. The highest BCUT2D eigenvalue weighted by Crippen LogP contribution is 2.16. The van der Waals surface area contributed by atoms with Crippen LogP contribution in [0, 0.1) is 0 Å². The van der Waals surface area contributed by atoms with Crippen LogP contribution in [0.3, 0.4) is 0 Å². The van der Waals surface area contributed by atoms with Gasteiger partial charge in [-0.1, -0.05) is 0 Å². The van der Waals surface area contributed by atoms with Crippen molar-refractivity contribution in [2.75, 3.05) is 0 Å². The molecule has 0 spiro atoms. The number of Topliss-reactive ketones (excluding diaryl/α,β-unsaturated/α-hetero) is 1. The third-order valence-corrected chi connectivity index (χ3v) is 1.46. The molecule has 0 heterocycles. The number of ketones is 1. The van der Waals surface area contributed by atoms with E-state index in [9.17, 15) is 9.59 Å². The molecule has 1 aromatic carbocycles. The van der Waals surface area contributed by atoms with E-state index < -0.39 is 5.97 Å². The minimum Gasteiger partial charge on any atom is -0.508 e. The van der Waals surface area contributed by atoms with Gasteiger partial charge in [0.1, 0.15) is 23.7 Å². The number of carbonyl (C=O) groups is 2. The summed E-state index contributed by atoms with van der Waals surface area (Å²) in [5.41, 5.74) is 0. The largest absolute Gasteiger partial charge is 0.508 e. The van der Waals surface area contributed by atoms with Gasteiger partial charge >= 0.3 is 5.97 Å². The van der Waals surface area contributed by atoms with Gasteiger partial charge in [0, 0.05) is 0 Å². The molecule has 0 aliphatic rings. The van der Waals surface area contributed by atoms with Crippen molar-refractivity contribution in [1.29, 1.82) is 0 Å². The van der Waals surface area contributed by atoms with Gasteiger partial charge in [-0.05, 0) is 31.2 Å². The summed E-state index contributed by atoms with van der Waals surface area (Å²) in [5.74, 6) is -0.428. The van der Waals surface area contributed by atoms with E-state index in [0.717, 1.165) is 0 Å². The lowest BCUT2D eigenvalue weighted by molar-refractivity contribution is -0.137. The topological polar surface area (TPSA) is 63.6 Å². The fraction of sp³-hybridized carbons (Fsp3) is 0.200. The Balaban J connectivity index is 2.56. The summed E-state index contributed by atoms with van der Waals surface area (Å²) >= 11 is 0. The van der Waals surface area contributed by atoms with Crippen molar-refractivity contribution in [2.24, 2.45) is 0 Å². The maximum atomic E-state index is 11.0. The van der Waals surface area contributed by atoms with Gasteiger partial charge in [-0.2, -0.15) is 0 Å². The second-order valence-corrected chi connectivity index (χ2v) is 2.85. The molecule has 1 aromatic rings. The Morgan fingerprint density at radius 3 is 2.36 bits per heavy atom. The van der Waals surface area contributed by atoms with E-state index in [4.69, 9.17) is 9.84 Å². The van der Waals surface area contributed by atoms with Crippen LogP contribution in [0.2, 0.25) is 0 Å². The Morgan fingerprint density at radius 1 is 1.29 bits per heavy atom. The van der Waals surface area contributed by atoms with Crippen molar-refractivity contribution in [2.45, 2.75) is 13.3 Å². The average molecular weight is 194 g/mol. The molecule has 14 heavy (non-hydrogen) atoms. The number of phenols is 1. The molecule has 0 aliphatic heterocycles. The molecule has 1 rings (SSSR count). The molecule has 0 aromatic heterocycles. The van der Waals surface area contributed by atoms with Gasteiger partial charge in [0.2, 0.25) is 0 Å². The van der Waals surface area contributed by atoms with Crippen LogP contribution in [0.15, 0.2) is 24.3 Å². The fourth-order valence-corrected chi connectivity index (χ4v) is 0.885. The fourth-order valence-electron chi connectivity index (χ4n) is 0.885. The first kappa shape index (κ1) is 10.2. The summed E-state index contributed by atoms with van der Waals surface area (Å²) in [7, 11) is 0. The van der Waals surface area contributed by atoms with Gasteiger partial charge in [-0.15, -0.1) is 0 Å². The summed E-state index contributed by atoms with van der Waals surface area (Å²) in [4.78, 5) is 21.6. The van der Waals surface area contributed by atoms with Crippen molar-refractivity contribution >= 4 is 11.8 Å². The monoisotopic (exact) mass is 194 g/mol. The van der Waals surface area contributed by atoms with Crippen LogP contribution in [-0.4, -0.2) is 16.9 Å². The van der Waals surface area contributed by atoms with E-state index in [1.165, 1.54) is 31.2 Å². The molecule has 0 atom stereocenters. The summed E-state index contributed by atoms with van der Waals surface area (Å²) in [5, 5.41) is 8.94. The standard InChI is InChI=1S/C10H10O4/c1-7(11)6-10(13)14-9-4-2-8(12)3-5-9/h2-5,12H,6H2,1H3. The molecule has 0 fully saturated rings. The molecule has 0 amide bonds.